The average Bonchev–Trinajstić information content (AvgIpc) is 2.36. The summed E-state index contributed by atoms with van der Waals surface area (Å²) < 4.78 is 29.0. The van der Waals surface area contributed by atoms with Crippen LogP contribution in [0, 0.1) is 0 Å². The number of nitrogens with one attached hydrogen (secondary N) is 1. The summed E-state index contributed by atoms with van der Waals surface area (Å²) in [6.07, 6.45) is 0. The second-order valence-electron chi connectivity index (χ2n) is 6.52. The van der Waals surface area contributed by atoms with Gasteiger partial charge >= 0.3 is 0 Å². The van der Waals surface area contributed by atoms with E-state index in [0.29, 0.717) is 5.75 Å². The summed E-state index contributed by atoms with van der Waals surface area (Å²) in [5, 5.41) is 3.05. The lowest BCUT2D eigenvalue weighted by Crippen LogP contribution is -2.35. The Morgan fingerprint density at radius 3 is 2.48 bits per heavy atom. The van der Waals surface area contributed by atoms with Gasteiger partial charge in [-0.25, -0.2) is 8.42 Å². The molecule has 5 heteroatoms. The summed E-state index contributed by atoms with van der Waals surface area (Å²) in [4.78, 5) is 0. The third-order valence-electron chi connectivity index (χ3n) is 3.08. The smallest absolute Gasteiger partial charge is 0.155 e. The first-order valence-electron chi connectivity index (χ1n) is 7.28. The summed E-state index contributed by atoms with van der Waals surface area (Å²) in [6.45, 7) is 10.7. The van der Waals surface area contributed by atoms with Crippen LogP contribution < -0.4 is 10.1 Å². The summed E-state index contributed by atoms with van der Waals surface area (Å²) in [5.41, 5.74) is 1.18. The second kappa shape index (κ2) is 7.27. The molecule has 0 fully saturated rings. The molecule has 0 spiro atoms. The minimum absolute atomic E-state index is 0.0507. The first-order valence-corrected chi connectivity index (χ1v) is 9.00. The molecule has 0 radical (unpaired) electrons. The molecule has 21 heavy (non-hydrogen) atoms. The van der Waals surface area contributed by atoms with E-state index in [4.69, 9.17) is 4.74 Å². The van der Waals surface area contributed by atoms with Crippen molar-refractivity contribution in [2.45, 2.75) is 52.0 Å². The predicted octanol–water partition coefficient (Wildman–Crippen LogP) is 2.78. The third-order valence-corrected chi connectivity index (χ3v) is 5.25. The van der Waals surface area contributed by atoms with E-state index in [1.807, 2.05) is 24.3 Å². The quantitative estimate of drug-likeness (QED) is 0.841. The van der Waals surface area contributed by atoms with Crippen molar-refractivity contribution in [3.8, 4) is 5.75 Å². The zero-order valence-electron chi connectivity index (χ0n) is 13.6. The van der Waals surface area contributed by atoms with Gasteiger partial charge in [0.05, 0.1) is 11.0 Å². The van der Waals surface area contributed by atoms with Gasteiger partial charge in [-0.15, -0.1) is 0 Å². The number of rotatable bonds is 7. The van der Waals surface area contributed by atoms with Crippen molar-refractivity contribution in [3.05, 3.63) is 29.8 Å². The molecule has 0 aromatic heterocycles. The van der Waals surface area contributed by atoms with Gasteiger partial charge < -0.3 is 10.1 Å². The molecular weight excluding hydrogens is 286 g/mol. The minimum atomic E-state index is -3.05. The highest BCUT2D eigenvalue weighted by atomic mass is 32.2. The van der Waals surface area contributed by atoms with Crippen LogP contribution in [-0.2, 0) is 16.4 Å². The zero-order chi connectivity index (χ0) is 16.1. The maximum atomic E-state index is 11.7. The summed E-state index contributed by atoms with van der Waals surface area (Å²) >= 11 is 0. The van der Waals surface area contributed by atoms with E-state index >= 15 is 0 Å². The molecular formula is C16H27NO3S. The molecule has 0 aliphatic heterocycles. The molecule has 120 valence electrons. The molecule has 0 heterocycles. The highest BCUT2D eigenvalue weighted by Gasteiger charge is 2.15. The van der Waals surface area contributed by atoms with E-state index in [0.717, 1.165) is 12.1 Å². The van der Waals surface area contributed by atoms with Gasteiger partial charge in [0.15, 0.2) is 9.84 Å². The van der Waals surface area contributed by atoms with E-state index in [1.165, 1.54) is 0 Å². The molecule has 0 unspecified atom stereocenters. The number of hydrogen-bond donors (Lipinski definition) is 1. The van der Waals surface area contributed by atoms with Gasteiger partial charge in [-0.3, -0.25) is 0 Å². The SMILES string of the molecule is CC(C)S(=O)(=O)CCOc1cccc(CNC(C)(C)C)c1. The Bertz CT molecular complexity index is 545. The lowest BCUT2D eigenvalue weighted by molar-refractivity contribution is 0.339. The Hall–Kier alpha value is -1.07. The van der Waals surface area contributed by atoms with Gasteiger partial charge in [0.1, 0.15) is 12.4 Å². The normalized spacial score (nSPS) is 12.7. The minimum Gasteiger partial charge on any atom is -0.493 e. The molecule has 1 rings (SSSR count). The number of benzene rings is 1. The van der Waals surface area contributed by atoms with E-state index in [1.54, 1.807) is 13.8 Å². The van der Waals surface area contributed by atoms with Crippen LogP contribution in [0.25, 0.3) is 0 Å². The fourth-order valence-electron chi connectivity index (χ4n) is 1.62. The molecule has 0 saturated carbocycles. The van der Waals surface area contributed by atoms with Gasteiger partial charge in [0.25, 0.3) is 0 Å². The van der Waals surface area contributed by atoms with Gasteiger partial charge in [0.2, 0.25) is 0 Å². The maximum absolute atomic E-state index is 11.7. The van der Waals surface area contributed by atoms with Crippen LogP contribution in [0.2, 0.25) is 0 Å². The molecule has 0 aliphatic carbocycles. The lowest BCUT2D eigenvalue weighted by atomic mass is 10.1. The average molecular weight is 313 g/mol. The van der Waals surface area contributed by atoms with Crippen molar-refractivity contribution in [2.75, 3.05) is 12.4 Å². The van der Waals surface area contributed by atoms with Crippen LogP contribution in [0.1, 0.15) is 40.2 Å². The molecule has 0 atom stereocenters. The molecule has 0 saturated heterocycles. The molecule has 1 aromatic rings. The number of sulfone groups is 1. The van der Waals surface area contributed by atoms with Crippen molar-refractivity contribution in [1.29, 1.82) is 0 Å². The first kappa shape index (κ1) is 18.0. The van der Waals surface area contributed by atoms with Crippen LogP contribution in [-0.4, -0.2) is 31.6 Å². The Kier molecular flexibility index (Phi) is 6.23. The summed E-state index contributed by atoms with van der Waals surface area (Å²) in [5.74, 6) is 0.761. The highest BCUT2D eigenvalue weighted by Crippen LogP contribution is 2.14. The molecule has 4 nitrogen and oxygen atoms in total. The maximum Gasteiger partial charge on any atom is 0.155 e. The van der Waals surface area contributed by atoms with Crippen molar-refractivity contribution < 1.29 is 13.2 Å². The molecule has 1 aromatic carbocycles. The third kappa shape index (κ3) is 6.96. The van der Waals surface area contributed by atoms with E-state index in [-0.39, 0.29) is 23.1 Å². The van der Waals surface area contributed by atoms with Crippen molar-refractivity contribution in [1.82, 2.24) is 5.32 Å². The molecule has 1 N–H and O–H groups in total. The van der Waals surface area contributed by atoms with Crippen LogP contribution in [0.4, 0.5) is 0 Å². The highest BCUT2D eigenvalue weighted by molar-refractivity contribution is 7.91. The molecule has 0 amide bonds. The van der Waals surface area contributed by atoms with Gasteiger partial charge in [-0.2, -0.15) is 0 Å². The van der Waals surface area contributed by atoms with E-state index in [9.17, 15) is 8.42 Å². The van der Waals surface area contributed by atoms with Crippen molar-refractivity contribution >= 4 is 9.84 Å². The number of ether oxygens (including phenoxy) is 1. The molecule has 0 bridgehead atoms. The van der Waals surface area contributed by atoms with E-state index < -0.39 is 9.84 Å². The van der Waals surface area contributed by atoms with Crippen LogP contribution in [0.15, 0.2) is 24.3 Å². The zero-order valence-corrected chi connectivity index (χ0v) is 14.5. The second-order valence-corrected chi connectivity index (χ2v) is 9.19. The first-order chi connectivity index (χ1) is 9.60. The van der Waals surface area contributed by atoms with Gasteiger partial charge in [0, 0.05) is 12.1 Å². The van der Waals surface area contributed by atoms with Crippen LogP contribution in [0.5, 0.6) is 5.75 Å². The van der Waals surface area contributed by atoms with Crippen molar-refractivity contribution in [2.24, 2.45) is 0 Å². The standard InChI is InChI=1S/C16H27NO3S/c1-13(2)21(18,19)10-9-20-15-8-6-7-14(11-15)12-17-16(3,4)5/h6-8,11,13,17H,9-10,12H2,1-5H3. The fraction of sp³-hybridized carbons (Fsp3) is 0.625. The Morgan fingerprint density at radius 2 is 1.90 bits per heavy atom. The van der Waals surface area contributed by atoms with Crippen molar-refractivity contribution in [3.63, 3.8) is 0 Å². The van der Waals surface area contributed by atoms with Crippen LogP contribution >= 0.6 is 0 Å². The summed E-state index contributed by atoms with van der Waals surface area (Å²) in [6, 6.07) is 7.74. The number of hydrogen-bond acceptors (Lipinski definition) is 4. The largest absolute Gasteiger partial charge is 0.493 e. The van der Waals surface area contributed by atoms with Gasteiger partial charge in [-0.1, -0.05) is 12.1 Å². The van der Waals surface area contributed by atoms with Gasteiger partial charge in [-0.05, 0) is 52.3 Å². The Labute approximate surface area is 128 Å². The van der Waals surface area contributed by atoms with E-state index in [2.05, 4.69) is 26.1 Å². The summed E-state index contributed by atoms with van der Waals surface area (Å²) in [7, 11) is -3.05. The predicted molar refractivity (Wildman–Crippen MR) is 87.5 cm³/mol. The lowest BCUT2D eigenvalue weighted by Gasteiger charge is -2.20. The molecule has 0 aliphatic rings. The Morgan fingerprint density at radius 1 is 1.24 bits per heavy atom. The topological polar surface area (TPSA) is 55.4 Å². The Balaban J connectivity index is 2.54. The van der Waals surface area contributed by atoms with Crippen LogP contribution in [0.3, 0.4) is 0 Å². The fourth-order valence-corrected chi connectivity index (χ4v) is 2.41. The monoisotopic (exact) mass is 313 g/mol.